The Bertz CT molecular complexity index is 389. The Balaban J connectivity index is 2.25. The minimum absolute atomic E-state index is 0.0000994. The fraction of sp³-hybridized carbons (Fsp3) is 0.917. The van der Waals surface area contributed by atoms with Crippen LogP contribution in [0.4, 0.5) is 0 Å². The summed E-state index contributed by atoms with van der Waals surface area (Å²) in [5.74, 6) is -0.0000994. The number of amides is 1. The lowest BCUT2D eigenvalue weighted by atomic mass is 10.1. The number of hydrogen-bond donors (Lipinski definition) is 2. The number of hydrogen-bond acceptors (Lipinski definition) is 4. The van der Waals surface area contributed by atoms with Crippen molar-refractivity contribution < 1.29 is 13.2 Å². The van der Waals surface area contributed by atoms with Gasteiger partial charge in [-0.15, -0.1) is 0 Å². The predicted molar refractivity (Wildman–Crippen MR) is 75.3 cm³/mol. The van der Waals surface area contributed by atoms with Crippen LogP contribution in [-0.2, 0) is 14.8 Å². The lowest BCUT2D eigenvalue weighted by Crippen LogP contribution is -2.47. The van der Waals surface area contributed by atoms with Gasteiger partial charge in [-0.3, -0.25) is 4.79 Å². The smallest absolute Gasteiger partial charge is 0.234 e. The van der Waals surface area contributed by atoms with Gasteiger partial charge in [0.15, 0.2) is 0 Å². The third kappa shape index (κ3) is 5.88. The van der Waals surface area contributed by atoms with E-state index in [4.69, 9.17) is 0 Å². The van der Waals surface area contributed by atoms with Gasteiger partial charge in [-0.05, 0) is 26.2 Å². The Kier molecular flexibility index (Phi) is 6.22. The van der Waals surface area contributed by atoms with E-state index < -0.39 is 10.0 Å². The van der Waals surface area contributed by atoms with Crippen molar-refractivity contribution in [1.29, 1.82) is 0 Å². The number of nitrogens with zero attached hydrogens (tertiary/aromatic N) is 1. The van der Waals surface area contributed by atoms with Crippen molar-refractivity contribution in [3.8, 4) is 0 Å². The number of piperidine rings is 1. The van der Waals surface area contributed by atoms with Crippen LogP contribution in [0.3, 0.4) is 0 Å². The Morgan fingerprint density at radius 3 is 2.42 bits per heavy atom. The summed E-state index contributed by atoms with van der Waals surface area (Å²) in [5.41, 5.74) is 0. The van der Waals surface area contributed by atoms with Crippen molar-refractivity contribution in [2.24, 2.45) is 0 Å². The molecule has 7 heteroatoms. The van der Waals surface area contributed by atoms with E-state index >= 15 is 0 Å². The van der Waals surface area contributed by atoms with Gasteiger partial charge in [-0.2, -0.15) is 0 Å². The first-order valence-corrected chi connectivity index (χ1v) is 8.65. The maximum atomic E-state index is 11.6. The predicted octanol–water partition coefficient (Wildman–Crippen LogP) is -0.0853. The number of carbonyl (C=O) groups is 1. The molecule has 0 aromatic rings. The van der Waals surface area contributed by atoms with E-state index in [0.29, 0.717) is 19.6 Å². The Morgan fingerprint density at radius 2 is 1.95 bits per heavy atom. The van der Waals surface area contributed by atoms with Crippen LogP contribution in [0.15, 0.2) is 0 Å². The lowest BCUT2D eigenvalue weighted by Gasteiger charge is -2.30. The number of nitrogens with one attached hydrogen (secondary N) is 2. The Hall–Kier alpha value is -0.660. The first kappa shape index (κ1) is 16.4. The van der Waals surface area contributed by atoms with Crippen molar-refractivity contribution in [2.45, 2.75) is 45.2 Å². The lowest BCUT2D eigenvalue weighted by molar-refractivity contribution is -0.121. The molecular formula is C12H25N3O3S. The molecule has 2 N–H and O–H groups in total. The molecule has 112 valence electrons. The van der Waals surface area contributed by atoms with Crippen LogP contribution in [0.2, 0.25) is 0 Å². The highest BCUT2D eigenvalue weighted by molar-refractivity contribution is 7.88. The largest absolute Gasteiger partial charge is 0.353 e. The number of sulfonamides is 1. The first-order valence-electron chi connectivity index (χ1n) is 6.80. The highest BCUT2D eigenvalue weighted by Gasteiger charge is 2.24. The number of carbonyl (C=O) groups excluding carboxylic acids is 1. The second-order valence-corrected chi connectivity index (χ2v) is 7.18. The van der Waals surface area contributed by atoms with Gasteiger partial charge < -0.3 is 10.6 Å². The van der Waals surface area contributed by atoms with Gasteiger partial charge in [0.25, 0.3) is 0 Å². The first-order chi connectivity index (χ1) is 8.82. The molecule has 6 nitrogen and oxygen atoms in total. The molecule has 0 spiro atoms. The maximum Gasteiger partial charge on any atom is 0.234 e. The summed E-state index contributed by atoms with van der Waals surface area (Å²) in [6.07, 6.45) is 3.66. The van der Waals surface area contributed by atoms with Gasteiger partial charge >= 0.3 is 0 Å². The second-order valence-electron chi connectivity index (χ2n) is 5.19. The van der Waals surface area contributed by atoms with E-state index in [1.165, 1.54) is 10.6 Å². The van der Waals surface area contributed by atoms with Crippen LogP contribution in [0.1, 0.15) is 33.1 Å². The standard InChI is InChI=1S/C12H25N3O3S/c1-4-10(2)14-12(16)9-13-11-5-7-15(8-6-11)19(3,17)18/h10-11,13H,4-9H2,1-3H3,(H,14,16). The number of rotatable bonds is 6. The molecule has 1 aliphatic heterocycles. The third-order valence-electron chi connectivity index (χ3n) is 3.49. The van der Waals surface area contributed by atoms with E-state index in [1.54, 1.807) is 0 Å². The van der Waals surface area contributed by atoms with Gasteiger partial charge in [-0.25, -0.2) is 12.7 Å². The Morgan fingerprint density at radius 1 is 1.37 bits per heavy atom. The van der Waals surface area contributed by atoms with E-state index in [1.807, 2.05) is 13.8 Å². The normalized spacial score (nSPS) is 20.2. The third-order valence-corrected chi connectivity index (χ3v) is 4.80. The minimum Gasteiger partial charge on any atom is -0.353 e. The molecule has 0 bridgehead atoms. The molecule has 1 aliphatic rings. The summed E-state index contributed by atoms with van der Waals surface area (Å²) in [6.45, 7) is 5.36. The van der Waals surface area contributed by atoms with Crippen molar-refractivity contribution >= 4 is 15.9 Å². The van der Waals surface area contributed by atoms with E-state index in [9.17, 15) is 13.2 Å². The molecule has 0 saturated carbocycles. The molecule has 1 fully saturated rings. The molecule has 1 rings (SSSR count). The van der Waals surface area contributed by atoms with Gasteiger partial charge in [0.2, 0.25) is 15.9 Å². The van der Waals surface area contributed by atoms with E-state index in [0.717, 1.165) is 19.3 Å². The molecule has 0 aromatic heterocycles. The van der Waals surface area contributed by atoms with Crippen LogP contribution in [0.5, 0.6) is 0 Å². The van der Waals surface area contributed by atoms with Crippen molar-refractivity contribution in [3.63, 3.8) is 0 Å². The molecule has 19 heavy (non-hydrogen) atoms. The average Bonchev–Trinajstić information content (AvgIpc) is 2.35. The quantitative estimate of drug-likeness (QED) is 0.717. The van der Waals surface area contributed by atoms with Gasteiger partial charge in [0, 0.05) is 25.2 Å². The molecule has 0 radical (unpaired) electrons. The van der Waals surface area contributed by atoms with Crippen LogP contribution in [0, 0.1) is 0 Å². The van der Waals surface area contributed by atoms with Crippen molar-refractivity contribution in [3.05, 3.63) is 0 Å². The minimum atomic E-state index is -3.07. The highest BCUT2D eigenvalue weighted by atomic mass is 32.2. The fourth-order valence-electron chi connectivity index (χ4n) is 2.06. The molecule has 1 unspecified atom stereocenters. The molecule has 1 heterocycles. The topological polar surface area (TPSA) is 78.5 Å². The molecule has 1 saturated heterocycles. The molecule has 1 amide bonds. The zero-order chi connectivity index (χ0) is 14.5. The van der Waals surface area contributed by atoms with E-state index in [2.05, 4.69) is 10.6 Å². The van der Waals surface area contributed by atoms with Gasteiger partial charge in [-0.1, -0.05) is 6.92 Å². The zero-order valence-electron chi connectivity index (χ0n) is 12.0. The zero-order valence-corrected chi connectivity index (χ0v) is 12.8. The van der Waals surface area contributed by atoms with Crippen LogP contribution in [-0.4, -0.2) is 56.6 Å². The summed E-state index contributed by atoms with van der Waals surface area (Å²) >= 11 is 0. The van der Waals surface area contributed by atoms with Crippen molar-refractivity contribution in [1.82, 2.24) is 14.9 Å². The second kappa shape index (κ2) is 7.21. The molecule has 0 aliphatic carbocycles. The summed E-state index contributed by atoms with van der Waals surface area (Å²) in [6, 6.07) is 0.419. The summed E-state index contributed by atoms with van der Waals surface area (Å²) in [4.78, 5) is 11.6. The summed E-state index contributed by atoms with van der Waals surface area (Å²) in [5, 5.41) is 6.08. The average molecular weight is 291 g/mol. The van der Waals surface area contributed by atoms with Gasteiger partial charge in [0.05, 0.1) is 12.8 Å². The molecule has 0 aromatic carbocycles. The van der Waals surface area contributed by atoms with E-state index in [-0.39, 0.29) is 18.0 Å². The van der Waals surface area contributed by atoms with Crippen LogP contribution >= 0.6 is 0 Å². The molecule has 1 atom stereocenters. The monoisotopic (exact) mass is 291 g/mol. The Labute approximate surface area is 116 Å². The summed E-state index contributed by atoms with van der Waals surface area (Å²) < 4.78 is 24.2. The molecular weight excluding hydrogens is 266 g/mol. The van der Waals surface area contributed by atoms with Crippen molar-refractivity contribution in [2.75, 3.05) is 25.9 Å². The van der Waals surface area contributed by atoms with Crippen LogP contribution in [0.25, 0.3) is 0 Å². The summed E-state index contributed by atoms with van der Waals surface area (Å²) in [7, 11) is -3.07. The maximum absolute atomic E-state index is 11.6. The highest BCUT2D eigenvalue weighted by Crippen LogP contribution is 2.12. The SMILES string of the molecule is CCC(C)NC(=O)CNC1CCN(S(C)(=O)=O)CC1. The van der Waals surface area contributed by atoms with Gasteiger partial charge in [0.1, 0.15) is 0 Å². The fourth-order valence-corrected chi connectivity index (χ4v) is 2.93. The van der Waals surface area contributed by atoms with Crippen LogP contribution < -0.4 is 10.6 Å².